The van der Waals surface area contributed by atoms with E-state index >= 15 is 4.39 Å². The molecule has 2 aromatic carbocycles. The van der Waals surface area contributed by atoms with Crippen LogP contribution in [0.15, 0.2) is 52.6 Å². The fourth-order valence-corrected chi connectivity index (χ4v) is 5.59. The number of fused-ring (bicyclic) bond motifs is 2. The molecule has 32 heavy (non-hydrogen) atoms. The number of anilines is 1. The Morgan fingerprint density at radius 2 is 2.03 bits per heavy atom. The highest BCUT2D eigenvalue weighted by Gasteiger charge is 2.32. The van der Waals surface area contributed by atoms with Crippen molar-refractivity contribution in [2.75, 3.05) is 31.1 Å². The number of hydrogen-bond donors (Lipinski definition) is 2. The number of aromatic nitrogens is 2. The zero-order valence-electron chi connectivity index (χ0n) is 17.0. The van der Waals surface area contributed by atoms with Crippen LogP contribution >= 0.6 is 11.5 Å². The van der Waals surface area contributed by atoms with Crippen molar-refractivity contribution in [1.82, 2.24) is 14.3 Å². The van der Waals surface area contributed by atoms with Crippen molar-refractivity contribution in [3.05, 3.63) is 74.9 Å². The molecular formula is C23H19FN4O3S. The molecule has 1 unspecified atom stereocenters. The minimum absolute atomic E-state index is 0.0231. The first kappa shape index (κ1) is 19.3. The molecule has 0 bridgehead atoms. The van der Waals surface area contributed by atoms with E-state index < -0.39 is 16.8 Å². The molecule has 2 aromatic heterocycles. The van der Waals surface area contributed by atoms with Gasteiger partial charge in [-0.1, -0.05) is 36.9 Å². The molecule has 0 aliphatic carbocycles. The number of halogens is 1. The lowest BCUT2D eigenvalue weighted by Gasteiger charge is -2.37. The highest BCUT2D eigenvalue weighted by atomic mass is 32.1. The van der Waals surface area contributed by atoms with Gasteiger partial charge >= 0.3 is 0 Å². The summed E-state index contributed by atoms with van der Waals surface area (Å²) in [6, 6.07) is 11.3. The van der Waals surface area contributed by atoms with Crippen molar-refractivity contribution in [1.29, 1.82) is 0 Å². The van der Waals surface area contributed by atoms with Gasteiger partial charge in [0.1, 0.15) is 28.0 Å². The molecule has 1 atom stereocenters. The van der Waals surface area contributed by atoms with Gasteiger partial charge in [-0.05, 0) is 23.2 Å². The van der Waals surface area contributed by atoms with Crippen LogP contribution < -0.4 is 25.9 Å². The zero-order valence-corrected chi connectivity index (χ0v) is 17.8. The van der Waals surface area contributed by atoms with Crippen LogP contribution in [-0.2, 0) is 0 Å². The summed E-state index contributed by atoms with van der Waals surface area (Å²) < 4.78 is 25.9. The van der Waals surface area contributed by atoms with Crippen molar-refractivity contribution in [3.8, 4) is 5.75 Å². The van der Waals surface area contributed by atoms with E-state index in [9.17, 15) is 9.59 Å². The van der Waals surface area contributed by atoms with Gasteiger partial charge in [-0.15, -0.1) is 0 Å². The summed E-state index contributed by atoms with van der Waals surface area (Å²) in [6.45, 7) is 6.00. The normalized spacial score (nSPS) is 18.3. The summed E-state index contributed by atoms with van der Waals surface area (Å²) in [5.41, 5.74) is 1.53. The summed E-state index contributed by atoms with van der Waals surface area (Å²) in [4.78, 5) is 27.8. The molecule has 9 heteroatoms. The average Bonchev–Trinajstić information content (AvgIpc) is 3.20. The van der Waals surface area contributed by atoms with Crippen LogP contribution in [0.4, 0.5) is 10.1 Å². The predicted molar refractivity (Wildman–Crippen MR) is 124 cm³/mol. The predicted octanol–water partition coefficient (Wildman–Crippen LogP) is 3.06. The fraction of sp³-hybridized carbons (Fsp3) is 0.217. The summed E-state index contributed by atoms with van der Waals surface area (Å²) >= 11 is 1.08. The lowest BCUT2D eigenvalue weighted by atomic mass is 10.0. The topological polar surface area (TPSA) is 79.4 Å². The maximum Gasteiger partial charge on any atom is 0.271 e. The summed E-state index contributed by atoms with van der Waals surface area (Å²) in [6.07, 6.45) is 0. The minimum Gasteiger partial charge on any atom is -0.483 e. The molecule has 4 heterocycles. The third kappa shape index (κ3) is 2.68. The van der Waals surface area contributed by atoms with E-state index in [2.05, 4.69) is 16.3 Å². The van der Waals surface area contributed by atoms with Crippen LogP contribution in [0.3, 0.4) is 0 Å². The van der Waals surface area contributed by atoms with E-state index in [0.29, 0.717) is 47.1 Å². The quantitative estimate of drug-likeness (QED) is 0.491. The van der Waals surface area contributed by atoms with E-state index in [4.69, 9.17) is 4.74 Å². The lowest BCUT2D eigenvalue weighted by molar-refractivity contribution is 0.355. The molecule has 7 nitrogen and oxygen atoms in total. The molecular weight excluding hydrogens is 431 g/mol. The summed E-state index contributed by atoms with van der Waals surface area (Å²) in [5, 5.41) is 3.63. The Morgan fingerprint density at radius 3 is 2.84 bits per heavy atom. The van der Waals surface area contributed by atoms with Crippen molar-refractivity contribution < 1.29 is 9.13 Å². The number of pyridine rings is 1. The van der Waals surface area contributed by atoms with Crippen LogP contribution in [0.1, 0.15) is 11.6 Å². The van der Waals surface area contributed by atoms with Crippen molar-refractivity contribution in [2.24, 2.45) is 0 Å². The Morgan fingerprint density at radius 1 is 1.22 bits per heavy atom. The highest BCUT2D eigenvalue weighted by Crippen LogP contribution is 2.43. The van der Waals surface area contributed by atoms with Crippen molar-refractivity contribution >= 4 is 44.0 Å². The smallest absolute Gasteiger partial charge is 0.271 e. The SMILES string of the molecule is C=C1COc2c(N3CCNC(c4ccccc4)C3)c(F)cc3c(=O)c4c(=O)[nH]sc4n1c23. The van der Waals surface area contributed by atoms with Crippen LogP contribution in [0.5, 0.6) is 5.75 Å². The average molecular weight is 450 g/mol. The maximum absolute atomic E-state index is 15.5. The number of H-pyrrole nitrogens is 1. The Bertz CT molecular complexity index is 1520. The Balaban J connectivity index is 1.59. The molecule has 1 fully saturated rings. The monoisotopic (exact) mass is 450 g/mol. The molecule has 4 aromatic rings. The number of aromatic amines is 1. The van der Waals surface area contributed by atoms with Gasteiger partial charge in [0.25, 0.3) is 5.56 Å². The minimum atomic E-state index is -0.539. The third-order valence-corrected chi connectivity index (χ3v) is 7.02. The Kier molecular flexibility index (Phi) is 4.24. The van der Waals surface area contributed by atoms with E-state index in [1.54, 1.807) is 4.57 Å². The first-order chi connectivity index (χ1) is 15.5. The van der Waals surface area contributed by atoms with Crippen LogP contribution in [0.25, 0.3) is 26.8 Å². The number of ether oxygens (including phenoxy) is 1. The van der Waals surface area contributed by atoms with E-state index in [1.165, 1.54) is 6.07 Å². The van der Waals surface area contributed by atoms with Crippen LogP contribution in [0, 0.1) is 5.82 Å². The third-order valence-electron chi connectivity index (χ3n) is 6.16. The Labute approximate surface area is 185 Å². The number of hydrogen-bond acceptors (Lipinski definition) is 6. The van der Waals surface area contributed by atoms with Crippen LogP contribution in [0.2, 0.25) is 0 Å². The molecule has 2 aliphatic heterocycles. The van der Waals surface area contributed by atoms with Crippen LogP contribution in [-0.4, -0.2) is 35.2 Å². The van der Waals surface area contributed by atoms with Gasteiger partial charge in [0.05, 0.1) is 11.1 Å². The van der Waals surface area contributed by atoms with Gasteiger partial charge < -0.3 is 15.0 Å². The molecule has 1 saturated heterocycles. The van der Waals surface area contributed by atoms with E-state index in [-0.39, 0.29) is 23.4 Å². The van der Waals surface area contributed by atoms with E-state index in [0.717, 1.165) is 17.1 Å². The molecule has 2 aliphatic rings. The maximum atomic E-state index is 15.5. The highest BCUT2D eigenvalue weighted by molar-refractivity contribution is 7.12. The van der Waals surface area contributed by atoms with Crippen molar-refractivity contribution in [2.45, 2.75) is 6.04 Å². The van der Waals surface area contributed by atoms with Gasteiger partial charge in [-0.3, -0.25) is 18.5 Å². The first-order valence-corrected chi connectivity index (χ1v) is 11.1. The molecule has 162 valence electrons. The molecule has 6 rings (SSSR count). The second-order valence-corrected chi connectivity index (χ2v) is 8.82. The number of benzene rings is 2. The van der Waals surface area contributed by atoms with Gasteiger partial charge in [-0.25, -0.2) is 4.39 Å². The molecule has 2 N–H and O–H groups in total. The second-order valence-electron chi connectivity index (χ2n) is 8.03. The largest absolute Gasteiger partial charge is 0.483 e. The van der Waals surface area contributed by atoms with Gasteiger partial charge in [0.2, 0.25) is 5.43 Å². The molecule has 0 saturated carbocycles. The number of nitrogens with one attached hydrogen (secondary N) is 2. The number of nitrogens with zero attached hydrogens (tertiary/aromatic N) is 2. The first-order valence-electron chi connectivity index (χ1n) is 10.3. The van der Waals surface area contributed by atoms with Gasteiger partial charge in [-0.2, -0.15) is 0 Å². The van der Waals surface area contributed by atoms with Gasteiger partial charge in [0, 0.05) is 25.7 Å². The Hall–Kier alpha value is -3.43. The molecule has 0 amide bonds. The number of rotatable bonds is 2. The zero-order chi connectivity index (χ0) is 22.0. The fourth-order valence-electron chi connectivity index (χ4n) is 4.70. The lowest BCUT2D eigenvalue weighted by Crippen LogP contribution is -2.46. The second kappa shape index (κ2) is 7.04. The number of piperazine rings is 1. The van der Waals surface area contributed by atoms with Gasteiger partial charge in [0.15, 0.2) is 11.6 Å². The summed E-state index contributed by atoms with van der Waals surface area (Å²) in [5.74, 6) is -0.218. The molecule has 0 spiro atoms. The van der Waals surface area contributed by atoms with Crippen molar-refractivity contribution in [3.63, 3.8) is 0 Å². The summed E-state index contributed by atoms with van der Waals surface area (Å²) in [7, 11) is 0. The standard InChI is InChI=1S/C23H19FN4O3S/c1-12-11-31-21-18-14(20(29)17-22(30)26-32-23(17)28(12)18)9-15(24)19(21)27-8-7-25-16(10-27)13-5-3-2-4-6-13/h2-6,9,16,25H,1,7-8,10-11H2,(H,26,30). The molecule has 0 radical (unpaired) electrons. The van der Waals surface area contributed by atoms with E-state index in [1.807, 2.05) is 35.2 Å².